The molecule has 3 rings (SSSR count). The van der Waals surface area contributed by atoms with Crippen molar-refractivity contribution in [3.63, 3.8) is 0 Å². The second kappa shape index (κ2) is 6.05. The Hall–Kier alpha value is -0.483. The minimum atomic E-state index is -1.93. The Morgan fingerprint density at radius 2 is 1.67 bits per heavy atom. The molecule has 3 saturated carbocycles. The summed E-state index contributed by atoms with van der Waals surface area (Å²) in [6.07, 6.45) is 7.61. The van der Waals surface area contributed by atoms with Crippen LogP contribution in [0, 0.1) is 17.3 Å². The number of fused-ring (bicyclic) bond motifs is 1. The molecule has 2 bridgehead atoms. The highest BCUT2D eigenvalue weighted by molar-refractivity contribution is 6.74. The summed E-state index contributed by atoms with van der Waals surface area (Å²) in [5.41, 5.74) is -0.193. The summed E-state index contributed by atoms with van der Waals surface area (Å²) in [6.45, 7) is 11.5. The monoisotopic (exact) mass is 350 g/mol. The second-order valence-corrected chi connectivity index (χ2v) is 14.7. The van der Waals surface area contributed by atoms with Gasteiger partial charge in [0.15, 0.2) is 8.32 Å². The number of carbonyl (C=O) groups excluding carboxylic acids is 2. The van der Waals surface area contributed by atoms with E-state index in [0.717, 1.165) is 32.1 Å². The van der Waals surface area contributed by atoms with Crippen LogP contribution < -0.4 is 0 Å². The van der Waals surface area contributed by atoms with Gasteiger partial charge in [0, 0.05) is 18.3 Å². The second-order valence-electron chi connectivity index (χ2n) is 9.94. The Balaban J connectivity index is 2.04. The SMILES string of the molecule is CC(C)(C)[Si](C)(C)O[C@@H]1[C@H]2CCCC[C@@]13CCC(=O)[C@H]3C(=O)CC2. The van der Waals surface area contributed by atoms with Crippen LogP contribution in [-0.4, -0.2) is 26.0 Å². The fourth-order valence-electron chi connectivity index (χ4n) is 5.14. The van der Waals surface area contributed by atoms with E-state index < -0.39 is 8.32 Å². The molecule has 3 aliphatic rings. The highest BCUT2D eigenvalue weighted by Gasteiger charge is 2.60. The van der Waals surface area contributed by atoms with Crippen LogP contribution in [0.2, 0.25) is 18.1 Å². The van der Waals surface area contributed by atoms with Crippen LogP contribution in [-0.2, 0) is 14.0 Å². The normalized spacial score (nSPS) is 37.8. The van der Waals surface area contributed by atoms with Crippen LogP contribution in [0.4, 0.5) is 0 Å². The summed E-state index contributed by atoms with van der Waals surface area (Å²) in [4.78, 5) is 25.4. The molecule has 0 saturated heterocycles. The number of Topliss-reactive ketones (excluding diaryl/α,β-unsaturated/α-hetero) is 2. The Labute approximate surface area is 148 Å². The molecular formula is C20H34O3Si. The van der Waals surface area contributed by atoms with Crippen molar-refractivity contribution < 1.29 is 14.0 Å². The van der Waals surface area contributed by atoms with E-state index in [0.29, 0.717) is 18.8 Å². The third-order valence-corrected chi connectivity index (χ3v) is 12.0. The first kappa shape index (κ1) is 18.3. The van der Waals surface area contributed by atoms with Gasteiger partial charge < -0.3 is 4.43 Å². The zero-order valence-electron chi connectivity index (χ0n) is 16.1. The van der Waals surface area contributed by atoms with Gasteiger partial charge in [-0.2, -0.15) is 0 Å². The van der Waals surface area contributed by atoms with E-state index in [4.69, 9.17) is 4.43 Å². The molecule has 0 aromatic heterocycles. The fraction of sp³-hybridized carbons (Fsp3) is 0.900. The molecule has 1 spiro atoms. The Morgan fingerprint density at radius 1 is 1.00 bits per heavy atom. The maximum Gasteiger partial charge on any atom is 0.192 e. The summed E-state index contributed by atoms with van der Waals surface area (Å²) in [5, 5.41) is 0.154. The van der Waals surface area contributed by atoms with Gasteiger partial charge in [0.05, 0.1) is 12.0 Å². The third-order valence-electron chi connectivity index (χ3n) is 7.51. The molecule has 3 nitrogen and oxygen atoms in total. The van der Waals surface area contributed by atoms with Crippen LogP contribution in [0.15, 0.2) is 0 Å². The maximum atomic E-state index is 12.8. The summed E-state index contributed by atoms with van der Waals surface area (Å²) in [6, 6.07) is 0. The van der Waals surface area contributed by atoms with E-state index in [9.17, 15) is 9.59 Å². The van der Waals surface area contributed by atoms with E-state index in [-0.39, 0.29) is 34.0 Å². The summed E-state index contributed by atoms with van der Waals surface area (Å²) in [5.74, 6) is 0.508. The lowest BCUT2D eigenvalue weighted by molar-refractivity contribution is -0.136. The molecular weight excluding hydrogens is 316 g/mol. The van der Waals surface area contributed by atoms with Gasteiger partial charge in [-0.05, 0) is 49.7 Å². The topological polar surface area (TPSA) is 43.4 Å². The van der Waals surface area contributed by atoms with Crippen LogP contribution in [0.3, 0.4) is 0 Å². The number of carbonyl (C=O) groups is 2. The molecule has 3 fully saturated rings. The van der Waals surface area contributed by atoms with Gasteiger partial charge in [0.2, 0.25) is 0 Å². The zero-order valence-corrected chi connectivity index (χ0v) is 17.1. The highest BCUT2D eigenvalue weighted by atomic mass is 28.4. The van der Waals surface area contributed by atoms with Gasteiger partial charge in [-0.1, -0.05) is 33.6 Å². The average molecular weight is 351 g/mol. The quantitative estimate of drug-likeness (QED) is 0.526. The largest absolute Gasteiger partial charge is 0.413 e. The summed E-state index contributed by atoms with van der Waals surface area (Å²) in [7, 11) is -1.93. The van der Waals surface area contributed by atoms with Crippen LogP contribution in [0.25, 0.3) is 0 Å². The number of hydrogen-bond acceptors (Lipinski definition) is 3. The summed E-state index contributed by atoms with van der Waals surface area (Å²) >= 11 is 0. The highest BCUT2D eigenvalue weighted by Crippen LogP contribution is 2.57. The molecule has 0 N–H and O–H groups in total. The van der Waals surface area contributed by atoms with E-state index in [1.807, 2.05) is 0 Å². The van der Waals surface area contributed by atoms with Gasteiger partial charge in [0.1, 0.15) is 11.6 Å². The Kier molecular flexibility index (Phi) is 4.61. The molecule has 4 heteroatoms. The van der Waals surface area contributed by atoms with Crippen LogP contribution in [0.1, 0.15) is 72.1 Å². The first-order valence-electron chi connectivity index (χ1n) is 9.82. The average Bonchev–Trinajstić information content (AvgIpc) is 2.65. The van der Waals surface area contributed by atoms with Crippen molar-refractivity contribution in [1.82, 2.24) is 0 Å². The first-order chi connectivity index (χ1) is 11.1. The Morgan fingerprint density at radius 3 is 2.33 bits per heavy atom. The van der Waals surface area contributed by atoms with Crippen molar-refractivity contribution in [2.75, 3.05) is 0 Å². The molecule has 3 aliphatic carbocycles. The van der Waals surface area contributed by atoms with E-state index >= 15 is 0 Å². The van der Waals surface area contributed by atoms with Crippen molar-refractivity contribution in [3.05, 3.63) is 0 Å². The standard InChI is InChI=1S/C20H34O3Si/c1-19(2,3)24(4,5)23-18-14-8-6-7-12-20(18)13-11-16(22)17(20)15(21)10-9-14/h14,17-18H,6-13H2,1-5H3/t14-,17+,18+,20-/m0/s1. The molecule has 24 heavy (non-hydrogen) atoms. The Bertz CT molecular complexity index is 533. The predicted octanol–water partition coefficient (Wildman–Crippen LogP) is 4.90. The molecule has 0 aromatic rings. The molecule has 0 heterocycles. The number of hydrogen-bond donors (Lipinski definition) is 0. The lowest BCUT2D eigenvalue weighted by Gasteiger charge is -2.48. The molecule has 136 valence electrons. The minimum absolute atomic E-state index is 0.115. The minimum Gasteiger partial charge on any atom is -0.413 e. The number of ketones is 2. The van der Waals surface area contributed by atoms with Crippen molar-refractivity contribution in [3.8, 4) is 0 Å². The van der Waals surface area contributed by atoms with Gasteiger partial charge in [-0.3, -0.25) is 9.59 Å². The molecule has 0 unspecified atom stereocenters. The van der Waals surface area contributed by atoms with Gasteiger partial charge in [-0.15, -0.1) is 0 Å². The van der Waals surface area contributed by atoms with E-state index in [2.05, 4.69) is 33.9 Å². The van der Waals surface area contributed by atoms with E-state index in [1.165, 1.54) is 6.42 Å². The smallest absolute Gasteiger partial charge is 0.192 e. The van der Waals surface area contributed by atoms with Gasteiger partial charge >= 0.3 is 0 Å². The van der Waals surface area contributed by atoms with Crippen LogP contribution >= 0.6 is 0 Å². The zero-order chi connectivity index (χ0) is 17.8. The third kappa shape index (κ3) is 2.84. The van der Waals surface area contributed by atoms with Crippen molar-refractivity contribution in [2.24, 2.45) is 17.3 Å². The van der Waals surface area contributed by atoms with Crippen molar-refractivity contribution >= 4 is 19.9 Å². The van der Waals surface area contributed by atoms with E-state index in [1.54, 1.807) is 0 Å². The molecule has 0 aromatic carbocycles. The molecule has 0 amide bonds. The molecule has 0 radical (unpaired) electrons. The van der Waals surface area contributed by atoms with Crippen molar-refractivity contribution in [2.45, 2.75) is 96.4 Å². The molecule has 4 atom stereocenters. The van der Waals surface area contributed by atoms with Crippen molar-refractivity contribution in [1.29, 1.82) is 0 Å². The fourth-order valence-corrected chi connectivity index (χ4v) is 6.56. The first-order valence-corrected chi connectivity index (χ1v) is 12.7. The summed E-state index contributed by atoms with van der Waals surface area (Å²) < 4.78 is 7.01. The lowest BCUT2D eigenvalue weighted by atomic mass is 9.68. The number of rotatable bonds is 2. The van der Waals surface area contributed by atoms with Crippen LogP contribution in [0.5, 0.6) is 0 Å². The van der Waals surface area contributed by atoms with Gasteiger partial charge in [-0.25, -0.2) is 0 Å². The maximum absolute atomic E-state index is 12.8. The van der Waals surface area contributed by atoms with Gasteiger partial charge in [0.25, 0.3) is 0 Å². The lowest BCUT2D eigenvalue weighted by Crippen LogP contribution is -2.53. The molecule has 0 aliphatic heterocycles. The predicted molar refractivity (Wildman–Crippen MR) is 98.4 cm³/mol.